The number of thioether (sulfide) groups is 1. The predicted molar refractivity (Wildman–Crippen MR) is 123 cm³/mol. The largest absolute Gasteiger partial charge is 0.321 e. The molecular formula is C20H19N5O2S3. The summed E-state index contributed by atoms with van der Waals surface area (Å²) < 4.78 is 0.825. The van der Waals surface area contributed by atoms with Crippen molar-refractivity contribution in [2.24, 2.45) is 0 Å². The first-order valence-electron chi connectivity index (χ1n) is 9.15. The third-order valence-electron chi connectivity index (χ3n) is 4.53. The van der Waals surface area contributed by atoms with Crippen LogP contribution in [0, 0.1) is 27.7 Å². The van der Waals surface area contributed by atoms with E-state index in [-0.39, 0.29) is 11.5 Å². The molecule has 3 aromatic heterocycles. The molecule has 0 aliphatic rings. The van der Waals surface area contributed by atoms with Gasteiger partial charge in [0.25, 0.3) is 11.5 Å². The van der Waals surface area contributed by atoms with Crippen LogP contribution in [0.5, 0.6) is 0 Å². The number of hydrogen-bond donors (Lipinski definition) is 2. The van der Waals surface area contributed by atoms with Crippen molar-refractivity contribution in [2.75, 3.05) is 5.32 Å². The number of aryl methyl sites for hydroxylation is 4. The number of nitrogens with one attached hydrogen (secondary N) is 2. The highest BCUT2D eigenvalue weighted by Crippen LogP contribution is 2.30. The first-order chi connectivity index (χ1) is 14.3. The molecule has 0 saturated carbocycles. The minimum atomic E-state index is -0.234. The van der Waals surface area contributed by atoms with Crippen LogP contribution in [-0.4, -0.2) is 26.1 Å². The van der Waals surface area contributed by atoms with Crippen LogP contribution >= 0.6 is 34.4 Å². The number of fused-ring (bicyclic) bond motifs is 1. The minimum Gasteiger partial charge on any atom is -0.321 e. The third-order valence-corrected chi connectivity index (χ3v) is 7.69. The van der Waals surface area contributed by atoms with Gasteiger partial charge in [-0.25, -0.2) is 4.98 Å². The molecule has 0 atom stereocenters. The van der Waals surface area contributed by atoms with Crippen molar-refractivity contribution in [1.82, 2.24) is 20.2 Å². The van der Waals surface area contributed by atoms with Crippen molar-refractivity contribution < 1.29 is 4.79 Å². The van der Waals surface area contributed by atoms with E-state index in [0.717, 1.165) is 26.2 Å². The smallest absolute Gasteiger partial charge is 0.266 e. The van der Waals surface area contributed by atoms with Crippen molar-refractivity contribution in [3.63, 3.8) is 0 Å². The topological polar surface area (TPSA) is 101 Å². The van der Waals surface area contributed by atoms with Gasteiger partial charge < -0.3 is 10.3 Å². The second kappa shape index (κ2) is 8.29. The Labute approximate surface area is 185 Å². The van der Waals surface area contributed by atoms with Crippen LogP contribution < -0.4 is 10.9 Å². The van der Waals surface area contributed by atoms with Gasteiger partial charge in [-0.2, -0.15) is 0 Å². The first kappa shape index (κ1) is 20.7. The van der Waals surface area contributed by atoms with Crippen molar-refractivity contribution in [1.29, 1.82) is 0 Å². The Hall–Kier alpha value is -2.56. The summed E-state index contributed by atoms with van der Waals surface area (Å²) in [5.41, 5.74) is 3.29. The van der Waals surface area contributed by atoms with Crippen molar-refractivity contribution in [3.05, 3.63) is 61.0 Å². The molecule has 0 saturated heterocycles. The fourth-order valence-electron chi connectivity index (χ4n) is 3.07. The molecule has 1 aromatic carbocycles. The Balaban J connectivity index is 1.61. The average molecular weight is 458 g/mol. The maximum Gasteiger partial charge on any atom is 0.266 e. The first-order valence-corrected chi connectivity index (χ1v) is 11.8. The van der Waals surface area contributed by atoms with Gasteiger partial charge in [0.05, 0.1) is 16.0 Å². The maximum atomic E-state index is 12.9. The highest BCUT2D eigenvalue weighted by Gasteiger charge is 2.20. The number of amides is 1. The molecule has 0 bridgehead atoms. The summed E-state index contributed by atoms with van der Waals surface area (Å²) in [5, 5.41) is 12.4. The highest BCUT2D eigenvalue weighted by atomic mass is 32.2. The summed E-state index contributed by atoms with van der Waals surface area (Å²) in [5.74, 6) is 0.788. The molecule has 30 heavy (non-hydrogen) atoms. The predicted octanol–water partition coefficient (Wildman–Crippen LogP) is 4.61. The SMILES string of the molecule is Cc1ccc(NC(=O)c2sc3nc(CSc4nnc(C)s4)[nH]c(=O)c3c2C)c(C)c1. The van der Waals surface area contributed by atoms with Crippen molar-refractivity contribution >= 4 is 56.2 Å². The summed E-state index contributed by atoms with van der Waals surface area (Å²) in [4.78, 5) is 34.0. The molecule has 0 aliphatic heterocycles. The number of aromatic amines is 1. The summed E-state index contributed by atoms with van der Waals surface area (Å²) >= 11 is 4.21. The van der Waals surface area contributed by atoms with Gasteiger partial charge in [-0.3, -0.25) is 9.59 Å². The number of thiophene rings is 1. The van der Waals surface area contributed by atoms with Crippen LogP contribution in [0.15, 0.2) is 27.3 Å². The van der Waals surface area contributed by atoms with E-state index in [1.165, 1.54) is 34.4 Å². The van der Waals surface area contributed by atoms with Crippen LogP contribution in [0.4, 0.5) is 5.69 Å². The number of anilines is 1. The van der Waals surface area contributed by atoms with Crippen molar-refractivity contribution in [3.8, 4) is 0 Å². The van der Waals surface area contributed by atoms with Crippen LogP contribution in [0.1, 0.15) is 37.2 Å². The van der Waals surface area contributed by atoms with E-state index in [4.69, 9.17) is 0 Å². The number of H-pyrrole nitrogens is 1. The number of hydrogen-bond acceptors (Lipinski definition) is 8. The zero-order valence-corrected chi connectivity index (χ0v) is 19.3. The van der Waals surface area contributed by atoms with Gasteiger partial charge in [0, 0.05) is 5.69 Å². The second-order valence-corrected chi connectivity index (χ2v) is 10.3. The molecule has 10 heteroatoms. The molecule has 4 aromatic rings. The Morgan fingerprint density at radius 1 is 1.17 bits per heavy atom. The molecule has 0 fully saturated rings. The number of carbonyl (C=O) groups is 1. The Morgan fingerprint density at radius 3 is 2.67 bits per heavy atom. The highest BCUT2D eigenvalue weighted by molar-refractivity contribution is 8.00. The zero-order valence-electron chi connectivity index (χ0n) is 16.8. The van der Waals surface area contributed by atoms with E-state index in [1.54, 1.807) is 6.92 Å². The number of benzene rings is 1. The molecule has 0 aliphatic carbocycles. The molecule has 2 N–H and O–H groups in total. The third kappa shape index (κ3) is 4.16. The molecular weight excluding hydrogens is 438 g/mol. The van der Waals surface area contributed by atoms with Gasteiger partial charge in [0.15, 0.2) is 4.34 Å². The lowest BCUT2D eigenvalue weighted by Gasteiger charge is -2.08. The molecule has 154 valence electrons. The van der Waals surface area contributed by atoms with E-state index < -0.39 is 0 Å². The Kier molecular flexibility index (Phi) is 5.72. The summed E-state index contributed by atoms with van der Waals surface area (Å²) in [6, 6.07) is 5.86. The van der Waals surface area contributed by atoms with Crippen LogP contribution in [0.2, 0.25) is 0 Å². The second-order valence-electron chi connectivity index (χ2n) is 6.90. The van der Waals surface area contributed by atoms with E-state index >= 15 is 0 Å². The lowest BCUT2D eigenvalue weighted by atomic mass is 10.1. The fourth-order valence-corrected chi connectivity index (χ4v) is 5.85. The summed E-state index contributed by atoms with van der Waals surface area (Å²) in [6.07, 6.45) is 0. The van der Waals surface area contributed by atoms with Crippen LogP contribution in [0.3, 0.4) is 0 Å². The lowest BCUT2D eigenvalue weighted by molar-refractivity contribution is 0.103. The maximum absolute atomic E-state index is 12.9. The van der Waals surface area contributed by atoms with E-state index in [9.17, 15) is 9.59 Å². The summed E-state index contributed by atoms with van der Waals surface area (Å²) in [6.45, 7) is 7.64. The van der Waals surface area contributed by atoms with E-state index in [1.807, 2.05) is 39.0 Å². The van der Waals surface area contributed by atoms with Gasteiger partial charge in [-0.15, -0.1) is 21.5 Å². The molecule has 0 radical (unpaired) electrons. The molecule has 0 spiro atoms. The number of nitrogens with zero attached hydrogens (tertiary/aromatic N) is 3. The lowest BCUT2D eigenvalue weighted by Crippen LogP contribution is -2.13. The number of rotatable bonds is 5. The number of aromatic nitrogens is 4. The molecule has 3 heterocycles. The van der Waals surface area contributed by atoms with Crippen molar-refractivity contribution in [2.45, 2.75) is 37.8 Å². The monoisotopic (exact) mass is 457 g/mol. The van der Waals surface area contributed by atoms with Gasteiger partial charge in [-0.05, 0) is 44.9 Å². The Morgan fingerprint density at radius 2 is 1.97 bits per heavy atom. The van der Waals surface area contributed by atoms with Gasteiger partial charge in [0.2, 0.25) is 0 Å². The van der Waals surface area contributed by atoms with E-state index in [0.29, 0.717) is 32.2 Å². The van der Waals surface area contributed by atoms with Crippen LogP contribution in [-0.2, 0) is 5.75 Å². The fraction of sp³-hybridized carbons (Fsp3) is 0.250. The molecule has 4 rings (SSSR count). The average Bonchev–Trinajstić information content (AvgIpc) is 3.25. The standard InChI is InChI=1S/C20H19N5O2S3/c1-9-5-6-13(10(2)7-9)21-18(27)16-11(3)15-17(26)22-14(23-19(15)30-16)8-28-20-25-24-12(4)29-20/h5-7H,8H2,1-4H3,(H,21,27)(H,22,23,26). The minimum absolute atomic E-state index is 0.233. The quantitative estimate of drug-likeness (QED) is 0.424. The van der Waals surface area contributed by atoms with Crippen LogP contribution in [0.25, 0.3) is 10.2 Å². The summed E-state index contributed by atoms with van der Waals surface area (Å²) in [7, 11) is 0. The van der Waals surface area contributed by atoms with E-state index in [2.05, 4.69) is 25.5 Å². The number of carbonyl (C=O) groups excluding carboxylic acids is 1. The normalized spacial score (nSPS) is 11.2. The van der Waals surface area contributed by atoms with Gasteiger partial charge >= 0.3 is 0 Å². The zero-order chi connectivity index (χ0) is 21.4. The molecule has 1 amide bonds. The molecule has 7 nitrogen and oxygen atoms in total. The van der Waals surface area contributed by atoms with Gasteiger partial charge in [-0.1, -0.05) is 40.8 Å². The molecule has 0 unspecified atom stereocenters. The Bertz CT molecular complexity index is 1320. The van der Waals surface area contributed by atoms with Gasteiger partial charge in [0.1, 0.15) is 15.7 Å².